The van der Waals surface area contributed by atoms with Gasteiger partial charge in [0.15, 0.2) is 0 Å². The molecule has 0 unspecified atom stereocenters. The van der Waals surface area contributed by atoms with E-state index < -0.39 is 11.8 Å². The van der Waals surface area contributed by atoms with Gasteiger partial charge in [-0.1, -0.05) is 35.9 Å². The Balaban J connectivity index is 1.75. The second-order valence-electron chi connectivity index (χ2n) is 5.30. The van der Waals surface area contributed by atoms with E-state index in [0.29, 0.717) is 10.8 Å². The maximum atomic E-state index is 13.1. The molecule has 0 aliphatic carbocycles. The van der Waals surface area contributed by atoms with E-state index in [0.717, 1.165) is 23.0 Å². The molecule has 25 heavy (non-hydrogen) atoms. The van der Waals surface area contributed by atoms with E-state index in [1.54, 1.807) is 6.07 Å². The number of urea groups is 1. The van der Waals surface area contributed by atoms with Crippen molar-refractivity contribution >= 4 is 40.4 Å². The summed E-state index contributed by atoms with van der Waals surface area (Å²) in [7, 11) is 0. The minimum atomic E-state index is -0.572. The molecule has 2 amide bonds. The topological polar surface area (TPSA) is 58.4 Å². The summed E-state index contributed by atoms with van der Waals surface area (Å²) in [6.45, 7) is 2.73. The van der Waals surface area contributed by atoms with Crippen LogP contribution >= 0.6 is 11.6 Å². The number of benzene rings is 2. The molecule has 2 aromatic carbocycles. The van der Waals surface area contributed by atoms with Crippen LogP contribution in [-0.2, 0) is 6.54 Å². The summed E-state index contributed by atoms with van der Waals surface area (Å²) in [5, 5.41) is 7.94. The van der Waals surface area contributed by atoms with Crippen molar-refractivity contribution < 1.29 is 9.18 Å². The van der Waals surface area contributed by atoms with Crippen LogP contribution < -0.4 is 10.7 Å². The number of nitrogens with zero attached hydrogens (tertiary/aromatic N) is 2. The predicted molar refractivity (Wildman–Crippen MR) is 98.8 cm³/mol. The van der Waals surface area contributed by atoms with E-state index in [-0.39, 0.29) is 0 Å². The molecular formula is C18H16ClFN4O. The monoisotopic (exact) mass is 358 g/mol. The molecule has 5 nitrogen and oxygen atoms in total. The Labute approximate surface area is 149 Å². The third kappa shape index (κ3) is 3.64. The van der Waals surface area contributed by atoms with Gasteiger partial charge in [0.2, 0.25) is 0 Å². The van der Waals surface area contributed by atoms with Crippen molar-refractivity contribution in [3.63, 3.8) is 0 Å². The molecule has 3 aromatic rings. The number of aromatic nitrogens is 1. The highest BCUT2D eigenvalue weighted by atomic mass is 35.5. The summed E-state index contributed by atoms with van der Waals surface area (Å²) < 4.78 is 15.1. The van der Waals surface area contributed by atoms with Crippen LogP contribution in [0.2, 0.25) is 5.15 Å². The third-order valence-electron chi connectivity index (χ3n) is 3.70. The summed E-state index contributed by atoms with van der Waals surface area (Å²) in [4.78, 5) is 11.8. The van der Waals surface area contributed by atoms with Gasteiger partial charge in [-0.05, 0) is 31.2 Å². The SMILES string of the molecule is CCn1c(Cl)c(C=NNC(=O)Nc2cccc(F)c2)c2ccccc21. The number of hydrogen-bond donors (Lipinski definition) is 2. The predicted octanol–water partition coefficient (Wildman–Crippen LogP) is 4.61. The van der Waals surface area contributed by atoms with Gasteiger partial charge >= 0.3 is 6.03 Å². The first-order valence-corrected chi connectivity index (χ1v) is 8.10. The van der Waals surface area contributed by atoms with Crippen LogP contribution in [0.25, 0.3) is 10.9 Å². The van der Waals surface area contributed by atoms with Crippen molar-refractivity contribution in [3.8, 4) is 0 Å². The molecular weight excluding hydrogens is 343 g/mol. The molecule has 0 aliphatic heterocycles. The highest BCUT2D eigenvalue weighted by Gasteiger charge is 2.12. The zero-order valence-electron chi connectivity index (χ0n) is 13.5. The molecule has 0 saturated heterocycles. The lowest BCUT2D eigenvalue weighted by molar-refractivity contribution is 0.252. The number of fused-ring (bicyclic) bond motifs is 1. The van der Waals surface area contributed by atoms with E-state index in [1.165, 1.54) is 24.4 Å². The number of anilines is 1. The van der Waals surface area contributed by atoms with E-state index in [9.17, 15) is 9.18 Å². The van der Waals surface area contributed by atoms with Gasteiger partial charge in [-0.2, -0.15) is 5.10 Å². The number of rotatable bonds is 4. The minimum Gasteiger partial charge on any atom is -0.331 e. The molecule has 0 radical (unpaired) electrons. The zero-order valence-corrected chi connectivity index (χ0v) is 14.2. The van der Waals surface area contributed by atoms with E-state index in [1.807, 2.05) is 35.8 Å². The molecule has 2 N–H and O–H groups in total. The molecule has 0 spiro atoms. The fraction of sp³-hybridized carbons (Fsp3) is 0.111. The molecule has 1 aromatic heterocycles. The Morgan fingerprint density at radius 2 is 2.08 bits per heavy atom. The average molecular weight is 359 g/mol. The molecule has 3 rings (SSSR count). The number of nitrogens with one attached hydrogen (secondary N) is 2. The first-order chi connectivity index (χ1) is 12.1. The molecule has 0 saturated carbocycles. The van der Waals surface area contributed by atoms with Crippen LogP contribution in [0, 0.1) is 5.82 Å². The van der Waals surface area contributed by atoms with Crippen LogP contribution in [0.15, 0.2) is 53.6 Å². The number of amides is 2. The molecule has 0 bridgehead atoms. The molecule has 0 fully saturated rings. The summed E-state index contributed by atoms with van der Waals surface area (Å²) in [6, 6.07) is 12.8. The number of halogens is 2. The second kappa shape index (κ2) is 7.36. The molecule has 1 heterocycles. The quantitative estimate of drug-likeness (QED) is 0.519. The van der Waals surface area contributed by atoms with E-state index >= 15 is 0 Å². The number of aryl methyl sites for hydroxylation is 1. The van der Waals surface area contributed by atoms with Crippen molar-refractivity contribution in [2.45, 2.75) is 13.5 Å². The normalized spacial score (nSPS) is 11.2. The summed E-state index contributed by atoms with van der Waals surface area (Å²) in [5.41, 5.74) is 4.42. The number of hydrazone groups is 1. The van der Waals surface area contributed by atoms with Crippen LogP contribution in [0.5, 0.6) is 0 Å². The molecule has 128 valence electrons. The van der Waals surface area contributed by atoms with Crippen molar-refractivity contribution in [1.82, 2.24) is 9.99 Å². The van der Waals surface area contributed by atoms with Gasteiger partial charge in [0.25, 0.3) is 0 Å². The summed E-state index contributed by atoms with van der Waals surface area (Å²) in [6.07, 6.45) is 1.50. The number of para-hydroxylation sites is 1. The second-order valence-corrected chi connectivity index (χ2v) is 5.66. The summed E-state index contributed by atoms with van der Waals surface area (Å²) in [5.74, 6) is -0.430. The molecule has 0 atom stereocenters. The molecule has 7 heteroatoms. The highest BCUT2D eigenvalue weighted by Crippen LogP contribution is 2.28. The van der Waals surface area contributed by atoms with Gasteiger partial charge in [0.05, 0.1) is 6.21 Å². The standard InChI is InChI=1S/C18H16ClFN4O/c1-2-24-16-9-4-3-8-14(16)15(17(24)19)11-21-23-18(25)22-13-7-5-6-12(20)10-13/h3-11H,2H2,1H3,(H2,22,23,25). The molecule has 0 aliphatic rings. The van der Waals surface area contributed by atoms with Crippen molar-refractivity contribution in [2.24, 2.45) is 5.10 Å². The Bertz CT molecular complexity index is 951. The van der Waals surface area contributed by atoms with E-state index in [2.05, 4.69) is 15.8 Å². The van der Waals surface area contributed by atoms with Crippen molar-refractivity contribution in [1.29, 1.82) is 0 Å². The first kappa shape index (κ1) is 17.0. The lowest BCUT2D eigenvalue weighted by Crippen LogP contribution is -2.24. The van der Waals surface area contributed by atoms with Crippen LogP contribution in [0.3, 0.4) is 0 Å². The van der Waals surface area contributed by atoms with Crippen molar-refractivity contribution in [2.75, 3.05) is 5.32 Å². The summed E-state index contributed by atoms with van der Waals surface area (Å²) >= 11 is 6.42. The van der Waals surface area contributed by atoms with Crippen LogP contribution in [0.4, 0.5) is 14.9 Å². The van der Waals surface area contributed by atoms with Crippen molar-refractivity contribution in [3.05, 3.63) is 65.1 Å². The van der Waals surface area contributed by atoms with E-state index in [4.69, 9.17) is 11.6 Å². The number of hydrogen-bond acceptors (Lipinski definition) is 2. The van der Waals surface area contributed by atoms with Crippen LogP contribution in [0.1, 0.15) is 12.5 Å². The Morgan fingerprint density at radius 3 is 2.84 bits per heavy atom. The number of carbonyl (C=O) groups excluding carboxylic acids is 1. The zero-order chi connectivity index (χ0) is 17.8. The average Bonchev–Trinajstić information content (AvgIpc) is 2.86. The maximum Gasteiger partial charge on any atom is 0.339 e. The number of carbonyl (C=O) groups is 1. The maximum absolute atomic E-state index is 13.1. The highest BCUT2D eigenvalue weighted by molar-refractivity contribution is 6.34. The fourth-order valence-corrected chi connectivity index (χ4v) is 2.97. The lowest BCUT2D eigenvalue weighted by atomic mass is 10.2. The van der Waals surface area contributed by atoms with Gasteiger partial charge in [-0.15, -0.1) is 0 Å². The third-order valence-corrected chi connectivity index (χ3v) is 4.11. The van der Waals surface area contributed by atoms with Gasteiger partial charge < -0.3 is 9.88 Å². The van der Waals surface area contributed by atoms with Crippen LogP contribution in [-0.4, -0.2) is 16.8 Å². The Hall–Kier alpha value is -2.86. The Kier molecular flexibility index (Phi) is 5.00. The Morgan fingerprint density at radius 1 is 1.28 bits per heavy atom. The fourth-order valence-electron chi connectivity index (χ4n) is 2.61. The van der Waals surface area contributed by atoms with Gasteiger partial charge in [-0.3, -0.25) is 0 Å². The smallest absolute Gasteiger partial charge is 0.331 e. The van der Waals surface area contributed by atoms with Gasteiger partial charge in [0, 0.05) is 28.7 Å². The largest absolute Gasteiger partial charge is 0.339 e. The lowest BCUT2D eigenvalue weighted by Gasteiger charge is -2.03. The van der Waals surface area contributed by atoms with Gasteiger partial charge in [0.1, 0.15) is 11.0 Å². The minimum absolute atomic E-state index is 0.341. The van der Waals surface area contributed by atoms with Gasteiger partial charge in [-0.25, -0.2) is 14.6 Å². The first-order valence-electron chi connectivity index (χ1n) is 7.72.